The predicted molar refractivity (Wildman–Crippen MR) is 138 cm³/mol. The molecule has 1 aliphatic heterocycles. The zero-order valence-electron chi connectivity index (χ0n) is 20.4. The van der Waals surface area contributed by atoms with Gasteiger partial charge in [-0.1, -0.05) is 68.4 Å². The summed E-state index contributed by atoms with van der Waals surface area (Å²) in [7, 11) is 1.63. The molecule has 35 heavy (non-hydrogen) atoms. The summed E-state index contributed by atoms with van der Waals surface area (Å²) in [5, 5.41) is 3.56. The van der Waals surface area contributed by atoms with Crippen molar-refractivity contribution in [1.29, 1.82) is 0 Å². The van der Waals surface area contributed by atoms with E-state index >= 15 is 0 Å². The van der Waals surface area contributed by atoms with Crippen LogP contribution in [0.5, 0.6) is 5.75 Å². The monoisotopic (exact) mass is 466 g/mol. The highest BCUT2D eigenvalue weighted by atomic mass is 16.5. The number of fused-ring (bicyclic) bond motifs is 1. The first-order chi connectivity index (χ1) is 16.9. The third-order valence-corrected chi connectivity index (χ3v) is 6.78. The zero-order valence-corrected chi connectivity index (χ0v) is 20.4. The normalized spacial score (nSPS) is 18.8. The minimum absolute atomic E-state index is 0.0651. The fourth-order valence-electron chi connectivity index (χ4n) is 5.24. The molecule has 1 unspecified atom stereocenters. The lowest BCUT2D eigenvalue weighted by atomic mass is 9.73. The molecule has 0 saturated heterocycles. The van der Waals surface area contributed by atoms with Crippen LogP contribution in [0.1, 0.15) is 43.9 Å². The van der Waals surface area contributed by atoms with E-state index in [2.05, 4.69) is 19.2 Å². The maximum Gasteiger partial charge on any atom is 0.232 e. The molecule has 5 rings (SSSR count). The van der Waals surface area contributed by atoms with Crippen LogP contribution in [-0.4, -0.2) is 18.8 Å². The molecule has 1 amide bonds. The highest BCUT2D eigenvalue weighted by Gasteiger charge is 2.43. The lowest BCUT2D eigenvalue weighted by Gasteiger charge is -2.37. The maximum absolute atomic E-state index is 14.1. The second-order valence-electron chi connectivity index (χ2n) is 10.1. The fraction of sp³-hybridized carbons (Fsp3) is 0.267. The number of benzene rings is 3. The number of hydrogen-bond acceptors (Lipinski definition) is 4. The van der Waals surface area contributed by atoms with Gasteiger partial charge in [0.2, 0.25) is 5.91 Å². The number of nitrogens with one attached hydrogen (secondary N) is 1. The van der Waals surface area contributed by atoms with Gasteiger partial charge in [-0.25, -0.2) is 0 Å². The summed E-state index contributed by atoms with van der Waals surface area (Å²) in [5.74, 6) is 0.695. The lowest BCUT2D eigenvalue weighted by molar-refractivity contribution is -0.119. The first-order valence-electron chi connectivity index (χ1n) is 12.0. The number of carbonyl (C=O) groups is 2. The van der Waals surface area contributed by atoms with Crippen molar-refractivity contribution in [3.05, 3.63) is 101 Å². The van der Waals surface area contributed by atoms with Gasteiger partial charge in [0.15, 0.2) is 5.78 Å². The number of para-hydroxylation sites is 2. The Morgan fingerprint density at radius 3 is 2.51 bits per heavy atom. The molecular formula is C30H30N2O3. The van der Waals surface area contributed by atoms with Gasteiger partial charge in [0.05, 0.1) is 30.9 Å². The summed E-state index contributed by atoms with van der Waals surface area (Å²) < 4.78 is 5.51. The van der Waals surface area contributed by atoms with Crippen LogP contribution in [0.4, 0.5) is 11.4 Å². The van der Waals surface area contributed by atoms with Crippen LogP contribution >= 0.6 is 0 Å². The largest absolute Gasteiger partial charge is 0.497 e. The molecule has 178 valence electrons. The summed E-state index contributed by atoms with van der Waals surface area (Å²) in [5.41, 5.74) is 4.77. The molecule has 3 aromatic rings. The number of Topliss-reactive ketones (excluding diaryl/α,β-unsaturated/α-hetero) is 1. The molecule has 0 saturated carbocycles. The van der Waals surface area contributed by atoms with E-state index in [4.69, 9.17) is 4.74 Å². The summed E-state index contributed by atoms with van der Waals surface area (Å²) in [6, 6.07) is 24.7. The van der Waals surface area contributed by atoms with Crippen molar-refractivity contribution in [1.82, 2.24) is 0 Å². The first kappa shape index (κ1) is 22.9. The molecule has 5 heteroatoms. The predicted octanol–water partition coefficient (Wildman–Crippen LogP) is 6.08. The van der Waals surface area contributed by atoms with E-state index in [9.17, 15) is 9.59 Å². The second-order valence-corrected chi connectivity index (χ2v) is 10.1. The SMILES string of the molecule is COc1cccc(C2C3=C(CC(C)(C)CC3=O)Nc3ccccc3N2C(=O)Cc2ccccc2)c1. The van der Waals surface area contributed by atoms with Gasteiger partial charge in [0.1, 0.15) is 5.75 Å². The molecule has 0 radical (unpaired) electrons. The van der Waals surface area contributed by atoms with Gasteiger partial charge in [0, 0.05) is 17.7 Å². The second kappa shape index (κ2) is 9.06. The zero-order chi connectivity index (χ0) is 24.6. The minimum atomic E-state index is -0.559. The molecular weight excluding hydrogens is 436 g/mol. The lowest BCUT2D eigenvalue weighted by Crippen LogP contribution is -2.40. The summed E-state index contributed by atoms with van der Waals surface area (Å²) in [6.07, 6.45) is 1.40. The maximum atomic E-state index is 14.1. The van der Waals surface area contributed by atoms with Crippen LogP contribution < -0.4 is 15.0 Å². The number of allylic oxidation sites excluding steroid dienone is 1. The van der Waals surface area contributed by atoms with Gasteiger partial charge in [-0.2, -0.15) is 0 Å². The van der Waals surface area contributed by atoms with Crippen molar-refractivity contribution in [2.24, 2.45) is 5.41 Å². The highest BCUT2D eigenvalue weighted by Crippen LogP contribution is 2.48. The van der Waals surface area contributed by atoms with Crippen molar-refractivity contribution in [3.63, 3.8) is 0 Å². The molecule has 1 atom stereocenters. The Morgan fingerprint density at radius 1 is 1.00 bits per heavy atom. The number of ether oxygens (including phenoxy) is 1. The number of hydrogen-bond donors (Lipinski definition) is 1. The van der Waals surface area contributed by atoms with Crippen molar-refractivity contribution in [3.8, 4) is 5.75 Å². The molecule has 1 aliphatic carbocycles. The molecule has 2 aliphatic rings. The first-order valence-corrected chi connectivity index (χ1v) is 12.0. The van der Waals surface area contributed by atoms with Gasteiger partial charge < -0.3 is 10.1 Å². The van der Waals surface area contributed by atoms with E-state index in [1.54, 1.807) is 7.11 Å². The Bertz CT molecular complexity index is 1310. The van der Waals surface area contributed by atoms with E-state index in [-0.39, 0.29) is 23.5 Å². The van der Waals surface area contributed by atoms with Gasteiger partial charge in [-0.3, -0.25) is 14.5 Å². The molecule has 5 nitrogen and oxygen atoms in total. The van der Waals surface area contributed by atoms with E-state index in [1.807, 2.05) is 83.8 Å². The average Bonchev–Trinajstić information content (AvgIpc) is 2.98. The number of carbonyl (C=O) groups excluding carboxylic acids is 2. The van der Waals surface area contributed by atoms with Crippen LogP contribution in [-0.2, 0) is 16.0 Å². The number of rotatable bonds is 4. The molecule has 3 aromatic carbocycles. The van der Waals surface area contributed by atoms with Crippen LogP contribution in [0.3, 0.4) is 0 Å². The Hall–Kier alpha value is -3.86. The number of methoxy groups -OCH3 is 1. The third-order valence-electron chi connectivity index (χ3n) is 6.78. The average molecular weight is 467 g/mol. The third kappa shape index (κ3) is 4.46. The summed E-state index contributed by atoms with van der Waals surface area (Å²) >= 11 is 0. The Balaban J connectivity index is 1.73. The van der Waals surface area contributed by atoms with Crippen LogP contribution in [0.15, 0.2) is 90.1 Å². The van der Waals surface area contributed by atoms with Crippen molar-refractivity contribution < 1.29 is 14.3 Å². The Kier molecular flexibility index (Phi) is 5.93. The summed E-state index contributed by atoms with van der Waals surface area (Å²) in [4.78, 5) is 29.6. The van der Waals surface area contributed by atoms with E-state index in [1.165, 1.54) is 0 Å². The quantitative estimate of drug-likeness (QED) is 0.506. The van der Waals surface area contributed by atoms with Crippen LogP contribution in [0, 0.1) is 5.41 Å². The van der Waals surface area contributed by atoms with E-state index in [0.29, 0.717) is 17.7 Å². The number of amides is 1. The van der Waals surface area contributed by atoms with Crippen LogP contribution in [0.25, 0.3) is 0 Å². The van der Waals surface area contributed by atoms with E-state index < -0.39 is 6.04 Å². The molecule has 1 heterocycles. The molecule has 0 spiro atoms. The fourth-order valence-corrected chi connectivity index (χ4v) is 5.24. The smallest absolute Gasteiger partial charge is 0.232 e. The van der Waals surface area contributed by atoms with Crippen molar-refractivity contribution in [2.45, 2.75) is 39.2 Å². The molecule has 0 aromatic heterocycles. The molecule has 0 bridgehead atoms. The summed E-state index contributed by atoms with van der Waals surface area (Å²) in [6.45, 7) is 4.23. The Labute approximate surface area is 206 Å². The number of anilines is 2. The van der Waals surface area contributed by atoms with Crippen molar-refractivity contribution >= 4 is 23.1 Å². The van der Waals surface area contributed by atoms with Gasteiger partial charge in [-0.05, 0) is 47.2 Å². The van der Waals surface area contributed by atoms with Crippen molar-refractivity contribution in [2.75, 3.05) is 17.3 Å². The standard InChI is InChI=1S/C30H30N2O3/c1-30(2)18-24-28(26(33)19-30)29(21-12-9-13-22(17-21)35-3)32(25-15-8-7-14-23(25)31-24)27(34)16-20-10-5-4-6-11-20/h4-15,17,29,31H,16,18-19H2,1-3H3. The highest BCUT2D eigenvalue weighted by molar-refractivity contribution is 6.06. The minimum Gasteiger partial charge on any atom is -0.497 e. The Morgan fingerprint density at radius 2 is 1.74 bits per heavy atom. The molecule has 1 N–H and O–H groups in total. The number of nitrogens with zero attached hydrogens (tertiary/aromatic N) is 1. The van der Waals surface area contributed by atoms with Gasteiger partial charge in [-0.15, -0.1) is 0 Å². The van der Waals surface area contributed by atoms with E-state index in [0.717, 1.165) is 34.6 Å². The van der Waals surface area contributed by atoms with Gasteiger partial charge in [0.25, 0.3) is 0 Å². The van der Waals surface area contributed by atoms with Gasteiger partial charge >= 0.3 is 0 Å². The number of ketones is 1. The molecule has 0 fully saturated rings. The topological polar surface area (TPSA) is 58.6 Å². The van der Waals surface area contributed by atoms with Crippen LogP contribution in [0.2, 0.25) is 0 Å².